The second kappa shape index (κ2) is 13.9. The van der Waals surface area contributed by atoms with Crippen LogP contribution in [0.1, 0.15) is 81.3 Å². The van der Waals surface area contributed by atoms with Crippen LogP contribution in [-0.4, -0.2) is 57.0 Å². The van der Waals surface area contributed by atoms with Crippen LogP contribution in [0.2, 0.25) is 0 Å². The van der Waals surface area contributed by atoms with Crippen LogP contribution < -0.4 is 14.2 Å². The van der Waals surface area contributed by atoms with Gasteiger partial charge < -0.3 is 28.8 Å². The van der Waals surface area contributed by atoms with Crippen molar-refractivity contribution in [3.8, 4) is 17.2 Å². The second-order valence-electron chi connectivity index (χ2n) is 14.7. The zero-order valence-corrected chi connectivity index (χ0v) is 29.3. The fourth-order valence-corrected chi connectivity index (χ4v) is 6.08. The summed E-state index contributed by atoms with van der Waals surface area (Å²) in [6.07, 6.45) is 1.07. The van der Waals surface area contributed by atoms with Crippen LogP contribution in [-0.2, 0) is 25.7 Å². The van der Waals surface area contributed by atoms with Gasteiger partial charge in [0.05, 0.1) is 19.8 Å². The fraction of sp³-hybridized carbons (Fsp3) is 0.429. The van der Waals surface area contributed by atoms with Gasteiger partial charge in [-0.1, -0.05) is 96.1 Å². The first-order valence-electron chi connectivity index (χ1n) is 17.2. The van der Waals surface area contributed by atoms with Crippen molar-refractivity contribution in [1.82, 2.24) is 0 Å². The summed E-state index contributed by atoms with van der Waals surface area (Å²) in [4.78, 5) is 0. The van der Waals surface area contributed by atoms with Gasteiger partial charge in [0, 0.05) is 29.3 Å². The van der Waals surface area contributed by atoms with E-state index in [1.165, 1.54) is 33.4 Å². The van der Waals surface area contributed by atoms with E-state index in [4.69, 9.17) is 28.8 Å². The third-order valence-corrected chi connectivity index (χ3v) is 10.1. The summed E-state index contributed by atoms with van der Waals surface area (Å²) in [5.41, 5.74) is 6.57. The van der Waals surface area contributed by atoms with E-state index >= 15 is 0 Å². The topological polar surface area (TPSA) is 73.0 Å². The zero-order chi connectivity index (χ0) is 33.9. The molecule has 2 saturated heterocycles. The number of hydrogen-bond donors (Lipinski definition) is 1. The van der Waals surface area contributed by atoms with Gasteiger partial charge in [0.2, 0.25) is 0 Å². The van der Waals surface area contributed by atoms with E-state index in [9.17, 15) is 0 Å². The number of aliphatic hydroxyl groups is 1. The van der Waals surface area contributed by atoms with E-state index in [0.29, 0.717) is 26.2 Å². The number of ether oxygens (including phenoxy) is 5. The highest BCUT2D eigenvalue weighted by molar-refractivity contribution is 5.51. The van der Waals surface area contributed by atoms with Crippen molar-refractivity contribution in [3.05, 3.63) is 124 Å². The van der Waals surface area contributed by atoms with Gasteiger partial charge in [0.1, 0.15) is 42.7 Å². The molecule has 0 aromatic heterocycles. The van der Waals surface area contributed by atoms with Crippen molar-refractivity contribution in [1.29, 1.82) is 0 Å². The molecular formula is C42H50O6. The zero-order valence-electron chi connectivity index (χ0n) is 29.3. The largest absolute Gasteiger partial charge is 0.494 e. The summed E-state index contributed by atoms with van der Waals surface area (Å²) < 4.78 is 28.3. The molecular weight excluding hydrogens is 600 g/mol. The second-order valence-corrected chi connectivity index (χ2v) is 14.7. The Morgan fingerprint density at radius 3 is 1.12 bits per heavy atom. The summed E-state index contributed by atoms with van der Waals surface area (Å²) in [6.45, 7) is 17.2. The Kier molecular flexibility index (Phi) is 9.89. The highest BCUT2D eigenvalue weighted by Crippen LogP contribution is 2.42. The first-order chi connectivity index (χ1) is 23.0. The molecule has 2 aliphatic rings. The first-order valence-corrected chi connectivity index (χ1v) is 17.2. The molecule has 6 heteroatoms. The molecule has 0 radical (unpaired) electrons. The van der Waals surface area contributed by atoms with Crippen LogP contribution in [0.5, 0.6) is 17.2 Å². The Morgan fingerprint density at radius 1 is 0.521 bits per heavy atom. The minimum Gasteiger partial charge on any atom is -0.494 e. The SMILES string of the molecule is CC(C)(c1ccc(OCCCO)cc1)c1cc(C(C)(C)c2ccc(OCC3CO3)cc2)cc(C(C)(C)c2ccc(OCC3CO3)cc2)c1. The molecule has 0 amide bonds. The monoisotopic (exact) mass is 650 g/mol. The Balaban J connectivity index is 1.35. The molecule has 2 aliphatic heterocycles. The van der Waals surface area contributed by atoms with Gasteiger partial charge >= 0.3 is 0 Å². The molecule has 1 N–H and O–H groups in total. The van der Waals surface area contributed by atoms with Crippen molar-refractivity contribution in [2.24, 2.45) is 0 Å². The molecule has 48 heavy (non-hydrogen) atoms. The molecule has 0 saturated carbocycles. The molecule has 4 aromatic rings. The van der Waals surface area contributed by atoms with Gasteiger partial charge in [-0.2, -0.15) is 0 Å². The lowest BCUT2D eigenvalue weighted by Gasteiger charge is -2.35. The smallest absolute Gasteiger partial charge is 0.119 e. The van der Waals surface area contributed by atoms with Crippen LogP contribution in [0, 0.1) is 0 Å². The third-order valence-electron chi connectivity index (χ3n) is 10.1. The van der Waals surface area contributed by atoms with Gasteiger partial charge in [0.15, 0.2) is 0 Å². The van der Waals surface area contributed by atoms with Crippen LogP contribution in [0.3, 0.4) is 0 Å². The summed E-state index contributed by atoms with van der Waals surface area (Å²) in [5.74, 6) is 2.54. The van der Waals surface area contributed by atoms with E-state index in [1.807, 2.05) is 12.1 Å². The molecule has 2 fully saturated rings. The minimum atomic E-state index is -0.286. The lowest BCUT2D eigenvalue weighted by molar-refractivity contribution is 0.233. The lowest BCUT2D eigenvalue weighted by Crippen LogP contribution is -2.26. The van der Waals surface area contributed by atoms with Crippen LogP contribution >= 0.6 is 0 Å². The maximum atomic E-state index is 9.13. The highest BCUT2D eigenvalue weighted by atomic mass is 16.6. The average Bonchev–Trinajstić information content (AvgIpc) is 4.03. The van der Waals surface area contributed by atoms with E-state index < -0.39 is 0 Å². The number of benzene rings is 4. The van der Waals surface area contributed by atoms with Crippen molar-refractivity contribution in [2.75, 3.05) is 39.6 Å². The van der Waals surface area contributed by atoms with E-state index in [2.05, 4.69) is 120 Å². The quantitative estimate of drug-likeness (QED) is 0.0980. The van der Waals surface area contributed by atoms with Crippen LogP contribution in [0.15, 0.2) is 91.0 Å². The molecule has 0 spiro atoms. The molecule has 4 aromatic carbocycles. The molecule has 6 nitrogen and oxygen atoms in total. The molecule has 2 atom stereocenters. The van der Waals surface area contributed by atoms with E-state index in [1.54, 1.807) is 0 Å². The van der Waals surface area contributed by atoms with Gasteiger partial charge in [-0.25, -0.2) is 0 Å². The number of epoxide rings is 2. The first kappa shape index (κ1) is 34.0. The summed E-state index contributed by atoms with van der Waals surface area (Å²) >= 11 is 0. The maximum absolute atomic E-state index is 9.13. The number of rotatable bonds is 16. The molecule has 2 heterocycles. The molecule has 6 rings (SSSR count). The summed E-state index contributed by atoms with van der Waals surface area (Å²) in [5, 5.41) is 9.13. The summed E-state index contributed by atoms with van der Waals surface area (Å²) in [6, 6.07) is 32.6. The Bertz CT molecular complexity index is 1560. The fourth-order valence-electron chi connectivity index (χ4n) is 6.08. The molecule has 0 bridgehead atoms. The van der Waals surface area contributed by atoms with Crippen LogP contribution in [0.25, 0.3) is 0 Å². The Hall–Kier alpha value is -3.84. The Morgan fingerprint density at radius 2 is 0.833 bits per heavy atom. The van der Waals surface area contributed by atoms with E-state index in [0.717, 1.165) is 30.5 Å². The predicted octanol–water partition coefficient (Wildman–Crippen LogP) is 7.98. The molecule has 2 unspecified atom stereocenters. The maximum Gasteiger partial charge on any atom is 0.119 e. The predicted molar refractivity (Wildman–Crippen MR) is 190 cm³/mol. The van der Waals surface area contributed by atoms with Crippen molar-refractivity contribution < 1.29 is 28.8 Å². The molecule has 254 valence electrons. The van der Waals surface area contributed by atoms with E-state index in [-0.39, 0.29) is 35.1 Å². The third kappa shape index (κ3) is 7.89. The number of aliphatic hydroxyl groups excluding tert-OH is 1. The number of hydrogen-bond acceptors (Lipinski definition) is 6. The van der Waals surface area contributed by atoms with Gasteiger partial charge in [-0.15, -0.1) is 0 Å². The molecule has 0 aliphatic carbocycles. The lowest BCUT2D eigenvalue weighted by atomic mass is 9.69. The standard InChI is InChI=1S/C42H50O6/c1-40(2,29-8-14-35(15-9-29)44-21-7-20-43)32-22-33(41(3,4)30-10-16-36(17-11-30)45-25-38-27-47-38)24-34(23-32)42(5,6)31-12-18-37(19-13-31)46-26-39-28-48-39/h8-19,22-24,38-39,43H,7,20-21,25-28H2,1-6H3. The summed E-state index contributed by atoms with van der Waals surface area (Å²) in [7, 11) is 0. The Labute approximate surface area is 286 Å². The van der Waals surface area contributed by atoms with Crippen molar-refractivity contribution >= 4 is 0 Å². The average molecular weight is 651 g/mol. The highest BCUT2D eigenvalue weighted by Gasteiger charge is 2.33. The van der Waals surface area contributed by atoms with Crippen molar-refractivity contribution in [3.63, 3.8) is 0 Å². The minimum absolute atomic E-state index is 0.123. The van der Waals surface area contributed by atoms with Gasteiger partial charge in [-0.3, -0.25) is 0 Å². The normalized spacial score (nSPS) is 17.6. The van der Waals surface area contributed by atoms with Crippen LogP contribution in [0.4, 0.5) is 0 Å². The van der Waals surface area contributed by atoms with Gasteiger partial charge in [0.25, 0.3) is 0 Å². The van der Waals surface area contributed by atoms with Crippen molar-refractivity contribution in [2.45, 2.75) is 76.4 Å². The van der Waals surface area contributed by atoms with Gasteiger partial charge in [-0.05, 0) is 69.8 Å².